The lowest BCUT2D eigenvalue weighted by Crippen LogP contribution is -2.17. The van der Waals surface area contributed by atoms with E-state index in [1.807, 2.05) is 80.2 Å². The van der Waals surface area contributed by atoms with Gasteiger partial charge in [0.05, 0.1) is 12.4 Å². The van der Waals surface area contributed by atoms with Crippen molar-refractivity contribution < 1.29 is 19.1 Å². The summed E-state index contributed by atoms with van der Waals surface area (Å²) in [5.74, 6) is 0.822. The van der Waals surface area contributed by atoms with Crippen LogP contribution in [0.25, 0.3) is 11.1 Å². The number of aromatic nitrogens is 3. The van der Waals surface area contributed by atoms with Gasteiger partial charge < -0.3 is 19.4 Å². The van der Waals surface area contributed by atoms with Gasteiger partial charge in [0.1, 0.15) is 16.3 Å². The van der Waals surface area contributed by atoms with E-state index < -0.39 is 5.97 Å². The normalized spacial score (nSPS) is 11.7. The van der Waals surface area contributed by atoms with Crippen LogP contribution in [0, 0.1) is 13.8 Å². The Balaban J connectivity index is 1.43. The first-order valence-electron chi connectivity index (χ1n) is 12.2. The number of ether oxygens (including phenoxy) is 2. The Kier molecular flexibility index (Phi) is 8.85. The number of nitrogens with zero attached hydrogens (tertiary/aromatic N) is 3. The fourth-order valence-electron chi connectivity index (χ4n) is 3.96. The van der Waals surface area contributed by atoms with E-state index in [4.69, 9.17) is 9.47 Å². The number of aryl methyl sites for hydroxylation is 2. The Labute approximate surface area is 230 Å². The molecule has 1 N–H and O–H groups in total. The Morgan fingerprint density at radius 2 is 1.89 bits per heavy atom. The third kappa shape index (κ3) is 6.25. The second-order valence-corrected chi connectivity index (χ2v) is 10.5. The molecule has 1 amide bonds. The molecule has 0 saturated carbocycles. The number of nitrogens with one attached hydrogen (secondary N) is 1. The maximum atomic E-state index is 12.9. The lowest BCUT2D eigenvalue weighted by atomic mass is 10.0. The molecule has 1 atom stereocenters. The molecule has 0 spiro atoms. The molecule has 1 unspecified atom stereocenters. The van der Waals surface area contributed by atoms with Crippen LogP contribution < -0.4 is 10.1 Å². The molecule has 0 bridgehead atoms. The molecule has 0 saturated heterocycles. The number of rotatable bonds is 10. The molecule has 10 heteroatoms. The molecule has 38 heavy (non-hydrogen) atoms. The molecular formula is C28H30N4O4S2. The monoisotopic (exact) mass is 550 g/mol. The molecule has 0 aliphatic rings. The van der Waals surface area contributed by atoms with Gasteiger partial charge in [0.15, 0.2) is 17.1 Å². The van der Waals surface area contributed by atoms with Crippen LogP contribution in [-0.4, -0.2) is 39.0 Å². The molecule has 198 valence electrons. The van der Waals surface area contributed by atoms with Gasteiger partial charge in [-0.15, -0.1) is 21.5 Å². The van der Waals surface area contributed by atoms with Crippen LogP contribution in [0.3, 0.4) is 0 Å². The maximum absolute atomic E-state index is 12.9. The van der Waals surface area contributed by atoms with Gasteiger partial charge in [-0.2, -0.15) is 0 Å². The number of hydrogen-bond acceptors (Lipinski definition) is 8. The molecule has 0 aliphatic carbocycles. The second-order valence-electron chi connectivity index (χ2n) is 8.71. The molecule has 4 rings (SSSR count). The van der Waals surface area contributed by atoms with E-state index in [-0.39, 0.29) is 24.4 Å². The fraction of sp³-hybridized carbons (Fsp3) is 0.286. The predicted molar refractivity (Wildman–Crippen MR) is 151 cm³/mol. The Hall–Kier alpha value is -3.63. The Morgan fingerprint density at radius 3 is 2.61 bits per heavy atom. The summed E-state index contributed by atoms with van der Waals surface area (Å²) in [5.41, 5.74) is 4.20. The summed E-state index contributed by atoms with van der Waals surface area (Å²) in [6.45, 7) is 7.97. The standard InChI is InChI=1S/C28H30N4O4S2/c1-6-35-27(34)24-21(20-10-8-7-9-11-20)15-37-26(24)29-23(33)16-38-28-31-30-25(32(28)5)19(4)36-22-13-12-17(2)14-18(22)3/h7-15,19H,6,16H2,1-5H3,(H,29,33). The van der Waals surface area contributed by atoms with Gasteiger partial charge in [0, 0.05) is 18.0 Å². The highest BCUT2D eigenvalue weighted by Gasteiger charge is 2.23. The number of amides is 1. The summed E-state index contributed by atoms with van der Waals surface area (Å²) in [6, 6.07) is 15.6. The zero-order chi connectivity index (χ0) is 27.2. The lowest BCUT2D eigenvalue weighted by molar-refractivity contribution is -0.113. The van der Waals surface area contributed by atoms with Crippen molar-refractivity contribution in [3.8, 4) is 16.9 Å². The van der Waals surface area contributed by atoms with Crippen molar-refractivity contribution in [3.05, 3.63) is 76.4 Å². The maximum Gasteiger partial charge on any atom is 0.341 e. The molecule has 2 heterocycles. The first-order valence-corrected chi connectivity index (χ1v) is 14.0. The Bertz CT molecular complexity index is 1430. The van der Waals surface area contributed by atoms with Gasteiger partial charge >= 0.3 is 5.97 Å². The summed E-state index contributed by atoms with van der Waals surface area (Å²) in [4.78, 5) is 25.6. The van der Waals surface area contributed by atoms with E-state index in [1.54, 1.807) is 6.92 Å². The number of benzene rings is 2. The highest BCUT2D eigenvalue weighted by molar-refractivity contribution is 7.99. The minimum atomic E-state index is -0.466. The van der Waals surface area contributed by atoms with Crippen LogP contribution in [0.5, 0.6) is 5.75 Å². The van der Waals surface area contributed by atoms with Crippen LogP contribution >= 0.6 is 23.1 Å². The summed E-state index contributed by atoms with van der Waals surface area (Å²) in [5, 5.41) is 14.3. The van der Waals surface area contributed by atoms with Crippen LogP contribution in [0.15, 0.2) is 59.1 Å². The summed E-state index contributed by atoms with van der Waals surface area (Å²) >= 11 is 2.56. The van der Waals surface area contributed by atoms with Crippen molar-refractivity contribution in [1.29, 1.82) is 0 Å². The molecule has 0 aliphatic heterocycles. The number of hydrogen-bond donors (Lipinski definition) is 1. The average Bonchev–Trinajstić information content (AvgIpc) is 3.48. The largest absolute Gasteiger partial charge is 0.482 e. The molecular weight excluding hydrogens is 520 g/mol. The van der Waals surface area contributed by atoms with Crippen LogP contribution in [0.2, 0.25) is 0 Å². The summed E-state index contributed by atoms with van der Waals surface area (Å²) in [6.07, 6.45) is -0.327. The fourth-order valence-corrected chi connectivity index (χ4v) is 5.65. The number of carbonyl (C=O) groups is 2. The number of thioether (sulfide) groups is 1. The summed E-state index contributed by atoms with van der Waals surface area (Å²) < 4.78 is 13.2. The minimum absolute atomic E-state index is 0.0963. The van der Waals surface area contributed by atoms with Gasteiger partial charge in [-0.05, 0) is 44.9 Å². The lowest BCUT2D eigenvalue weighted by Gasteiger charge is -2.16. The number of thiophene rings is 1. The van der Waals surface area contributed by atoms with E-state index in [0.717, 1.165) is 22.4 Å². The third-order valence-electron chi connectivity index (χ3n) is 5.81. The smallest absolute Gasteiger partial charge is 0.341 e. The second kappa shape index (κ2) is 12.3. The van der Waals surface area contributed by atoms with Gasteiger partial charge in [-0.3, -0.25) is 4.79 Å². The molecule has 0 radical (unpaired) electrons. The zero-order valence-corrected chi connectivity index (χ0v) is 23.6. The van der Waals surface area contributed by atoms with Crippen molar-refractivity contribution in [2.24, 2.45) is 7.05 Å². The average molecular weight is 551 g/mol. The topological polar surface area (TPSA) is 95.3 Å². The van der Waals surface area contributed by atoms with Gasteiger partial charge in [0.2, 0.25) is 5.91 Å². The first kappa shape index (κ1) is 27.4. The van der Waals surface area contributed by atoms with Crippen molar-refractivity contribution in [3.63, 3.8) is 0 Å². The van der Waals surface area contributed by atoms with Crippen LogP contribution in [0.1, 0.15) is 47.3 Å². The van der Waals surface area contributed by atoms with Crippen molar-refractivity contribution in [1.82, 2.24) is 14.8 Å². The van der Waals surface area contributed by atoms with E-state index in [0.29, 0.717) is 21.5 Å². The Morgan fingerprint density at radius 1 is 1.13 bits per heavy atom. The van der Waals surface area contributed by atoms with Crippen molar-refractivity contribution in [2.45, 2.75) is 39.0 Å². The van der Waals surface area contributed by atoms with E-state index in [9.17, 15) is 9.59 Å². The van der Waals surface area contributed by atoms with Crippen LogP contribution in [0.4, 0.5) is 5.00 Å². The quantitative estimate of drug-likeness (QED) is 0.185. The SMILES string of the molecule is CCOC(=O)c1c(-c2ccccc2)csc1NC(=O)CSc1nnc(C(C)Oc2ccc(C)cc2C)n1C. The minimum Gasteiger partial charge on any atom is -0.482 e. The molecule has 2 aromatic carbocycles. The number of esters is 1. The van der Waals surface area contributed by atoms with Crippen molar-refractivity contribution in [2.75, 3.05) is 17.7 Å². The number of anilines is 1. The van der Waals surface area contributed by atoms with E-state index in [2.05, 4.69) is 21.6 Å². The highest BCUT2D eigenvalue weighted by atomic mass is 32.2. The van der Waals surface area contributed by atoms with Gasteiger partial charge in [-0.1, -0.05) is 59.8 Å². The molecule has 8 nitrogen and oxygen atoms in total. The molecule has 2 aromatic heterocycles. The van der Waals surface area contributed by atoms with Crippen LogP contribution in [-0.2, 0) is 16.6 Å². The highest BCUT2D eigenvalue weighted by Crippen LogP contribution is 2.36. The third-order valence-corrected chi connectivity index (χ3v) is 7.72. The number of carbonyl (C=O) groups excluding carboxylic acids is 2. The van der Waals surface area contributed by atoms with Crippen molar-refractivity contribution >= 4 is 40.0 Å². The zero-order valence-electron chi connectivity index (χ0n) is 22.0. The predicted octanol–water partition coefficient (Wildman–Crippen LogP) is 6.21. The van der Waals surface area contributed by atoms with E-state index in [1.165, 1.54) is 28.7 Å². The van der Waals surface area contributed by atoms with Gasteiger partial charge in [0.25, 0.3) is 0 Å². The summed E-state index contributed by atoms with van der Waals surface area (Å²) in [7, 11) is 1.85. The van der Waals surface area contributed by atoms with E-state index >= 15 is 0 Å². The molecule has 4 aromatic rings. The first-order chi connectivity index (χ1) is 18.3. The molecule has 0 fully saturated rings. The van der Waals surface area contributed by atoms with Gasteiger partial charge in [-0.25, -0.2) is 4.79 Å².